The van der Waals surface area contributed by atoms with Crippen LogP contribution in [0.5, 0.6) is 0 Å². The number of hydrogen-bond donors (Lipinski definition) is 3. The van der Waals surface area contributed by atoms with E-state index in [0.29, 0.717) is 16.1 Å². The summed E-state index contributed by atoms with van der Waals surface area (Å²) < 4.78 is 0. The van der Waals surface area contributed by atoms with Crippen LogP contribution in [-0.4, -0.2) is 16.2 Å². The summed E-state index contributed by atoms with van der Waals surface area (Å²) in [6.45, 7) is 0. The van der Waals surface area contributed by atoms with E-state index in [0.717, 1.165) is 11.8 Å². The molecule has 2 aromatic rings. The Kier molecular flexibility index (Phi) is 4.85. The molecule has 0 spiro atoms. The molecule has 0 saturated carbocycles. The molecule has 5 N–H and O–H groups in total. The van der Waals surface area contributed by atoms with Gasteiger partial charge in [0, 0.05) is 10.6 Å². The highest BCUT2D eigenvalue weighted by molar-refractivity contribution is 8.13. The third-order valence-electron chi connectivity index (χ3n) is 3.24. The Morgan fingerprint density at radius 2 is 1.64 bits per heavy atom. The Labute approximate surface area is 132 Å². The van der Waals surface area contributed by atoms with E-state index >= 15 is 0 Å². The van der Waals surface area contributed by atoms with E-state index in [4.69, 9.17) is 11.5 Å². The maximum absolute atomic E-state index is 12.2. The average molecular weight is 316 g/mol. The maximum atomic E-state index is 12.2. The van der Waals surface area contributed by atoms with Crippen LogP contribution in [0.25, 0.3) is 0 Å². The van der Waals surface area contributed by atoms with Gasteiger partial charge in [0.15, 0.2) is 5.12 Å². The number of anilines is 1. The summed E-state index contributed by atoms with van der Waals surface area (Å²) in [6, 6.07) is 15.2. The molecule has 0 aromatic heterocycles. The van der Waals surface area contributed by atoms with Crippen molar-refractivity contribution < 1.29 is 14.7 Å². The molecule has 0 heterocycles. The van der Waals surface area contributed by atoms with Crippen molar-refractivity contribution in [1.29, 1.82) is 0 Å². The third-order valence-corrected chi connectivity index (χ3v) is 4.20. The predicted molar refractivity (Wildman–Crippen MR) is 86.3 cm³/mol. The molecular weight excluding hydrogens is 300 g/mol. The minimum Gasteiger partial charge on any atom is -0.480 e. The lowest BCUT2D eigenvalue weighted by Crippen LogP contribution is -2.46. The summed E-state index contributed by atoms with van der Waals surface area (Å²) in [6.07, 6.45) is -0.328. The third kappa shape index (κ3) is 3.47. The van der Waals surface area contributed by atoms with Crippen molar-refractivity contribution in [1.82, 2.24) is 0 Å². The van der Waals surface area contributed by atoms with E-state index in [1.165, 1.54) is 0 Å². The van der Waals surface area contributed by atoms with Gasteiger partial charge in [0.2, 0.25) is 0 Å². The molecule has 0 aliphatic heterocycles. The van der Waals surface area contributed by atoms with E-state index in [2.05, 4.69) is 0 Å². The van der Waals surface area contributed by atoms with Gasteiger partial charge in [0.1, 0.15) is 5.54 Å². The fourth-order valence-corrected chi connectivity index (χ4v) is 2.87. The zero-order valence-electron chi connectivity index (χ0n) is 11.7. The van der Waals surface area contributed by atoms with E-state index in [9.17, 15) is 14.7 Å². The van der Waals surface area contributed by atoms with Gasteiger partial charge in [-0.2, -0.15) is 0 Å². The molecule has 5 nitrogen and oxygen atoms in total. The highest BCUT2D eigenvalue weighted by Gasteiger charge is 2.38. The van der Waals surface area contributed by atoms with Gasteiger partial charge < -0.3 is 16.6 Å². The highest BCUT2D eigenvalue weighted by Crippen LogP contribution is 2.31. The fourth-order valence-electron chi connectivity index (χ4n) is 2.00. The molecular formula is C16H16N2O3S. The largest absolute Gasteiger partial charge is 0.480 e. The van der Waals surface area contributed by atoms with Gasteiger partial charge in [-0.15, -0.1) is 0 Å². The first-order valence-corrected chi connectivity index (χ1v) is 7.38. The molecule has 1 atom stereocenters. The van der Waals surface area contributed by atoms with Crippen LogP contribution >= 0.6 is 11.8 Å². The number of carbonyl (C=O) groups excluding carboxylic acids is 1. The second kappa shape index (κ2) is 6.64. The first-order chi connectivity index (χ1) is 10.4. The SMILES string of the molecule is Nc1ccccc1SC(=O)CC(N)(C(=O)O)c1ccccc1. The number of carboxylic acid groups (broad SMARTS) is 1. The zero-order valence-corrected chi connectivity index (χ0v) is 12.5. The van der Waals surface area contributed by atoms with Crippen molar-refractivity contribution in [2.75, 3.05) is 5.73 Å². The molecule has 0 amide bonds. The second-order valence-corrected chi connectivity index (χ2v) is 5.93. The molecule has 2 rings (SSSR count). The van der Waals surface area contributed by atoms with E-state index < -0.39 is 11.5 Å². The number of benzene rings is 2. The lowest BCUT2D eigenvalue weighted by atomic mass is 9.88. The molecule has 6 heteroatoms. The Hall–Kier alpha value is -2.31. The standard InChI is InChI=1S/C16H16N2O3S/c17-12-8-4-5-9-13(12)22-14(19)10-16(18,15(20)21)11-6-2-1-3-7-11/h1-9H,10,17-18H2,(H,20,21). The number of para-hydroxylation sites is 1. The molecule has 0 bridgehead atoms. The van der Waals surface area contributed by atoms with Crippen LogP contribution in [0.2, 0.25) is 0 Å². The van der Waals surface area contributed by atoms with Gasteiger partial charge in [-0.1, -0.05) is 42.5 Å². The summed E-state index contributed by atoms with van der Waals surface area (Å²) in [5, 5.41) is 9.09. The van der Waals surface area contributed by atoms with E-state index in [-0.39, 0.29) is 11.5 Å². The van der Waals surface area contributed by atoms with Gasteiger partial charge in [0.05, 0.1) is 6.42 Å². The number of aliphatic carboxylic acids is 1. The fraction of sp³-hybridized carbons (Fsp3) is 0.125. The van der Waals surface area contributed by atoms with Crippen LogP contribution in [0.15, 0.2) is 59.5 Å². The molecule has 0 aliphatic carbocycles. The number of rotatable bonds is 5. The van der Waals surface area contributed by atoms with Crippen molar-refractivity contribution in [3.8, 4) is 0 Å². The van der Waals surface area contributed by atoms with Crippen molar-refractivity contribution in [2.45, 2.75) is 16.9 Å². The molecule has 22 heavy (non-hydrogen) atoms. The molecule has 2 aromatic carbocycles. The lowest BCUT2D eigenvalue weighted by molar-refractivity contribution is -0.145. The molecule has 114 valence electrons. The minimum absolute atomic E-state index is 0.328. The summed E-state index contributed by atoms with van der Waals surface area (Å²) in [5.74, 6) is -1.24. The van der Waals surface area contributed by atoms with Crippen LogP contribution < -0.4 is 11.5 Å². The summed E-state index contributed by atoms with van der Waals surface area (Å²) >= 11 is 0.902. The van der Waals surface area contributed by atoms with Gasteiger partial charge in [-0.3, -0.25) is 4.79 Å². The lowest BCUT2D eigenvalue weighted by Gasteiger charge is -2.24. The molecule has 0 radical (unpaired) electrons. The topological polar surface area (TPSA) is 106 Å². The Bertz CT molecular complexity index is 691. The van der Waals surface area contributed by atoms with Crippen molar-refractivity contribution in [3.63, 3.8) is 0 Å². The summed E-state index contributed by atoms with van der Waals surface area (Å²) in [7, 11) is 0. The molecule has 0 saturated heterocycles. The van der Waals surface area contributed by atoms with Crippen LogP contribution in [0.1, 0.15) is 12.0 Å². The number of thioether (sulfide) groups is 1. The van der Waals surface area contributed by atoms with Crippen LogP contribution in [0.3, 0.4) is 0 Å². The number of carboxylic acids is 1. The van der Waals surface area contributed by atoms with E-state index in [1.54, 1.807) is 54.6 Å². The number of carbonyl (C=O) groups is 2. The number of nitrogens with two attached hydrogens (primary N) is 2. The van der Waals surface area contributed by atoms with Gasteiger partial charge in [-0.25, -0.2) is 4.79 Å². The Morgan fingerprint density at radius 1 is 1.05 bits per heavy atom. The quantitative estimate of drug-likeness (QED) is 0.577. The van der Waals surface area contributed by atoms with Gasteiger partial charge in [-0.05, 0) is 29.5 Å². The minimum atomic E-state index is -1.76. The second-order valence-electron chi connectivity index (χ2n) is 4.83. The maximum Gasteiger partial charge on any atom is 0.328 e. The first kappa shape index (κ1) is 16.1. The van der Waals surface area contributed by atoms with Crippen LogP contribution in [0, 0.1) is 0 Å². The molecule has 1 unspecified atom stereocenters. The monoisotopic (exact) mass is 316 g/mol. The van der Waals surface area contributed by atoms with E-state index in [1.807, 2.05) is 0 Å². The van der Waals surface area contributed by atoms with Crippen molar-refractivity contribution in [3.05, 3.63) is 60.2 Å². The highest BCUT2D eigenvalue weighted by atomic mass is 32.2. The number of hydrogen-bond acceptors (Lipinski definition) is 5. The van der Waals surface area contributed by atoms with Crippen molar-refractivity contribution in [2.24, 2.45) is 5.73 Å². The summed E-state index contributed by atoms with van der Waals surface area (Å²) in [4.78, 5) is 24.4. The number of nitrogen functional groups attached to an aromatic ring is 1. The Balaban J connectivity index is 2.20. The Morgan fingerprint density at radius 3 is 2.23 bits per heavy atom. The predicted octanol–water partition coefficient (Wildman–Crippen LogP) is 2.22. The van der Waals surface area contributed by atoms with Crippen molar-refractivity contribution >= 4 is 28.5 Å². The smallest absolute Gasteiger partial charge is 0.328 e. The molecule has 0 fully saturated rings. The van der Waals surface area contributed by atoms with Crippen LogP contribution in [-0.2, 0) is 15.1 Å². The first-order valence-electron chi connectivity index (χ1n) is 6.56. The van der Waals surface area contributed by atoms with Gasteiger partial charge >= 0.3 is 5.97 Å². The van der Waals surface area contributed by atoms with Gasteiger partial charge in [0.25, 0.3) is 0 Å². The normalized spacial score (nSPS) is 13.3. The molecule has 0 aliphatic rings. The summed E-state index contributed by atoms with van der Waals surface area (Å²) in [5.41, 5.74) is 10.9. The average Bonchev–Trinajstić information content (AvgIpc) is 2.50. The zero-order chi connectivity index (χ0) is 16.2. The van der Waals surface area contributed by atoms with Crippen LogP contribution in [0.4, 0.5) is 5.69 Å².